The van der Waals surface area contributed by atoms with Crippen LogP contribution in [-0.2, 0) is 16.7 Å². The summed E-state index contributed by atoms with van der Waals surface area (Å²) in [5.41, 5.74) is 2.46. The lowest BCUT2D eigenvalue weighted by atomic mass is 9.66. The van der Waals surface area contributed by atoms with E-state index in [1.807, 2.05) is 24.3 Å². The normalized spacial score (nSPS) is 24.0. The molecule has 0 aromatic heterocycles. The number of benzene rings is 2. The van der Waals surface area contributed by atoms with Crippen LogP contribution < -0.4 is 10.1 Å². The van der Waals surface area contributed by atoms with Crippen LogP contribution >= 0.6 is 0 Å². The van der Waals surface area contributed by atoms with E-state index in [0.717, 1.165) is 38.1 Å². The van der Waals surface area contributed by atoms with Gasteiger partial charge in [-0.3, -0.25) is 0 Å². The Morgan fingerprint density at radius 3 is 2.06 bits per heavy atom. The summed E-state index contributed by atoms with van der Waals surface area (Å²) in [6.45, 7) is 10.7. The van der Waals surface area contributed by atoms with Crippen LogP contribution in [0.5, 0.6) is 5.75 Å². The number of rotatable bonds is 9. The molecule has 1 fully saturated rings. The Morgan fingerprint density at radius 2 is 1.55 bits per heavy atom. The lowest BCUT2D eigenvalue weighted by molar-refractivity contribution is -0.118. The Hall–Kier alpha value is -1.91. The second-order valence-corrected chi connectivity index (χ2v) is 9.67. The molecule has 0 saturated carbocycles. The third-order valence-electron chi connectivity index (χ3n) is 6.75. The first kappa shape index (κ1) is 23.7. The third-order valence-corrected chi connectivity index (χ3v) is 6.75. The zero-order valence-electron chi connectivity index (χ0n) is 19.7. The average molecular weight is 428 g/mol. The van der Waals surface area contributed by atoms with Crippen molar-refractivity contribution in [2.45, 2.75) is 71.1 Å². The molecule has 1 aliphatic rings. The summed E-state index contributed by atoms with van der Waals surface area (Å²) in [5, 5.41) is 3.62. The first-order valence-electron chi connectivity index (χ1n) is 11.6. The third kappa shape index (κ3) is 6.08. The molecular formula is C27H38FNO2. The summed E-state index contributed by atoms with van der Waals surface area (Å²) in [5.74, 6) is 1.60. The highest BCUT2D eigenvalue weighted by molar-refractivity contribution is 5.28. The predicted octanol–water partition coefficient (Wildman–Crippen LogP) is 6.11. The molecule has 2 unspecified atom stereocenters. The Labute approximate surface area is 187 Å². The zero-order valence-corrected chi connectivity index (χ0v) is 19.7. The molecule has 170 valence electrons. The van der Waals surface area contributed by atoms with Gasteiger partial charge in [0.25, 0.3) is 0 Å². The van der Waals surface area contributed by atoms with E-state index in [2.05, 4.69) is 45.1 Å². The molecule has 0 spiro atoms. The van der Waals surface area contributed by atoms with Crippen LogP contribution in [0.4, 0.5) is 4.39 Å². The largest absolute Gasteiger partial charge is 0.497 e. The molecule has 1 N–H and O–H groups in total. The monoisotopic (exact) mass is 427 g/mol. The fraction of sp³-hybridized carbons (Fsp3) is 0.556. The van der Waals surface area contributed by atoms with Crippen LogP contribution in [0.2, 0.25) is 0 Å². The van der Waals surface area contributed by atoms with E-state index >= 15 is 0 Å². The Kier molecular flexibility index (Phi) is 8.12. The number of nitrogens with one attached hydrogen (secondary N) is 1. The van der Waals surface area contributed by atoms with Gasteiger partial charge in [-0.1, -0.05) is 52.0 Å². The number of methoxy groups -OCH3 is 1. The summed E-state index contributed by atoms with van der Waals surface area (Å²) in [6, 6.07) is 15.4. The van der Waals surface area contributed by atoms with Gasteiger partial charge in [0.1, 0.15) is 11.6 Å². The number of halogens is 1. The number of hydrogen-bond acceptors (Lipinski definition) is 3. The zero-order chi connectivity index (χ0) is 22.4. The Bertz CT molecular complexity index is 785. The van der Waals surface area contributed by atoms with Crippen molar-refractivity contribution < 1.29 is 13.9 Å². The molecule has 0 bridgehead atoms. The maximum Gasteiger partial charge on any atom is 0.123 e. The van der Waals surface area contributed by atoms with Crippen molar-refractivity contribution in [3.63, 3.8) is 0 Å². The van der Waals surface area contributed by atoms with Gasteiger partial charge in [0.05, 0.1) is 19.3 Å². The lowest BCUT2D eigenvalue weighted by Gasteiger charge is -2.48. The van der Waals surface area contributed by atoms with Gasteiger partial charge in [0.2, 0.25) is 0 Å². The second kappa shape index (κ2) is 10.6. The van der Waals surface area contributed by atoms with Crippen LogP contribution in [-0.4, -0.2) is 25.9 Å². The molecule has 2 aromatic rings. The van der Waals surface area contributed by atoms with E-state index in [4.69, 9.17) is 9.47 Å². The topological polar surface area (TPSA) is 30.5 Å². The van der Waals surface area contributed by atoms with Crippen LogP contribution in [0, 0.1) is 17.7 Å². The van der Waals surface area contributed by atoms with Gasteiger partial charge in [0, 0.05) is 12.0 Å². The highest BCUT2D eigenvalue weighted by atomic mass is 19.1. The molecule has 0 amide bonds. The van der Waals surface area contributed by atoms with Crippen LogP contribution in [0.15, 0.2) is 48.5 Å². The summed E-state index contributed by atoms with van der Waals surface area (Å²) in [4.78, 5) is 0. The van der Waals surface area contributed by atoms with Gasteiger partial charge in [-0.25, -0.2) is 4.39 Å². The molecule has 2 atom stereocenters. The summed E-state index contributed by atoms with van der Waals surface area (Å²) in [6.07, 6.45) is 3.39. The van der Waals surface area contributed by atoms with Crippen molar-refractivity contribution in [1.29, 1.82) is 0 Å². The van der Waals surface area contributed by atoms with Crippen molar-refractivity contribution in [2.75, 3.05) is 13.7 Å². The number of hydrogen-bond donors (Lipinski definition) is 1. The molecule has 0 aliphatic carbocycles. The smallest absolute Gasteiger partial charge is 0.123 e. The van der Waals surface area contributed by atoms with Crippen molar-refractivity contribution >= 4 is 0 Å². The van der Waals surface area contributed by atoms with Crippen molar-refractivity contribution in [3.8, 4) is 5.75 Å². The highest BCUT2D eigenvalue weighted by Gasteiger charge is 2.43. The van der Waals surface area contributed by atoms with E-state index in [0.29, 0.717) is 11.8 Å². The number of ether oxygens (including phenoxy) is 2. The molecule has 1 heterocycles. The molecular weight excluding hydrogens is 389 g/mol. The minimum atomic E-state index is -0.176. The highest BCUT2D eigenvalue weighted by Crippen LogP contribution is 2.45. The summed E-state index contributed by atoms with van der Waals surface area (Å²) in [7, 11) is 1.69. The second-order valence-electron chi connectivity index (χ2n) is 9.67. The average Bonchev–Trinajstić information content (AvgIpc) is 2.77. The minimum absolute atomic E-state index is 0.0112. The van der Waals surface area contributed by atoms with E-state index in [-0.39, 0.29) is 23.4 Å². The fourth-order valence-electron chi connectivity index (χ4n) is 4.65. The van der Waals surface area contributed by atoms with Gasteiger partial charge in [-0.15, -0.1) is 0 Å². The summed E-state index contributed by atoms with van der Waals surface area (Å²) < 4.78 is 25.4. The fourth-order valence-corrected chi connectivity index (χ4v) is 4.65. The van der Waals surface area contributed by atoms with Crippen molar-refractivity contribution in [2.24, 2.45) is 11.8 Å². The molecule has 0 radical (unpaired) electrons. The predicted molar refractivity (Wildman–Crippen MR) is 125 cm³/mol. The quantitative estimate of drug-likeness (QED) is 0.490. The van der Waals surface area contributed by atoms with E-state index in [1.54, 1.807) is 19.2 Å². The van der Waals surface area contributed by atoms with Crippen LogP contribution in [0.1, 0.15) is 58.1 Å². The molecule has 3 nitrogen and oxygen atoms in total. The van der Waals surface area contributed by atoms with Crippen LogP contribution in [0.3, 0.4) is 0 Å². The summed E-state index contributed by atoms with van der Waals surface area (Å²) >= 11 is 0. The standard InChI is InChI=1S/C27H38FNO2/c1-19(2)25-16-27(17-26(31-25)20(3)4,22-8-10-23(28)11-9-22)14-15-29-18-21-6-12-24(30-5)13-7-21/h6-13,19-20,25-26,29H,14-18H2,1-5H3. The molecule has 1 aliphatic heterocycles. The Morgan fingerprint density at radius 1 is 0.968 bits per heavy atom. The first-order chi connectivity index (χ1) is 14.8. The van der Waals surface area contributed by atoms with Crippen molar-refractivity contribution in [3.05, 3.63) is 65.5 Å². The molecule has 31 heavy (non-hydrogen) atoms. The van der Waals surface area contributed by atoms with Gasteiger partial charge in [-0.2, -0.15) is 0 Å². The van der Waals surface area contributed by atoms with Gasteiger partial charge in [0.15, 0.2) is 0 Å². The van der Waals surface area contributed by atoms with E-state index in [9.17, 15) is 4.39 Å². The SMILES string of the molecule is COc1ccc(CNCCC2(c3ccc(F)cc3)CC(C(C)C)OC(C(C)C)C2)cc1. The molecule has 3 rings (SSSR count). The van der Waals surface area contributed by atoms with Gasteiger partial charge >= 0.3 is 0 Å². The minimum Gasteiger partial charge on any atom is -0.497 e. The van der Waals surface area contributed by atoms with Crippen molar-refractivity contribution in [1.82, 2.24) is 5.32 Å². The Balaban J connectivity index is 1.76. The van der Waals surface area contributed by atoms with E-state index < -0.39 is 0 Å². The van der Waals surface area contributed by atoms with Gasteiger partial charge < -0.3 is 14.8 Å². The molecule has 4 heteroatoms. The van der Waals surface area contributed by atoms with E-state index in [1.165, 1.54) is 11.1 Å². The maximum absolute atomic E-state index is 13.7. The molecule has 1 saturated heterocycles. The van der Waals surface area contributed by atoms with Gasteiger partial charge in [-0.05, 0) is 73.0 Å². The molecule has 2 aromatic carbocycles. The lowest BCUT2D eigenvalue weighted by Crippen LogP contribution is -2.48. The van der Waals surface area contributed by atoms with Crippen LogP contribution in [0.25, 0.3) is 0 Å². The first-order valence-corrected chi connectivity index (χ1v) is 11.6. The maximum atomic E-state index is 13.7.